The third-order valence-corrected chi connectivity index (χ3v) is 2.29. The molecule has 0 spiro atoms. The molecule has 1 aliphatic heterocycles. The Morgan fingerprint density at radius 2 is 2.38 bits per heavy atom. The summed E-state index contributed by atoms with van der Waals surface area (Å²) in [7, 11) is 0. The molecule has 1 aliphatic rings. The summed E-state index contributed by atoms with van der Waals surface area (Å²) < 4.78 is 0. The van der Waals surface area contributed by atoms with E-state index in [-0.39, 0.29) is 5.91 Å². The number of carbonyl (C=O) groups excluding carboxylic acids is 1. The van der Waals surface area contributed by atoms with Crippen LogP contribution in [0.2, 0.25) is 0 Å². The second-order valence-corrected chi connectivity index (χ2v) is 3.53. The van der Waals surface area contributed by atoms with Gasteiger partial charge in [0, 0.05) is 12.2 Å². The van der Waals surface area contributed by atoms with Crippen LogP contribution in [0.5, 0.6) is 0 Å². The van der Waals surface area contributed by atoms with Crippen molar-refractivity contribution in [3.05, 3.63) is 24.3 Å². The van der Waals surface area contributed by atoms with E-state index in [1.54, 1.807) is 12.1 Å². The quantitative estimate of drug-likeness (QED) is 0.725. The summed E-state index contributed by atoms with van der Waals surface area (Å²) in [5.41, 5.74) is 10.0. The Hall–Kier alpha value is -2.04. The number of hydrogen-bond donors (Lipinski definition) is 2. The number of rotatable bonds is 2. The van der Waals surface area contributed by atoms with Gasteiger partial charge in [0.2, 0.25) is 0 Å². The van der Waals surface area contributed by atoms with Gasteiger partial charge in [-0.25, -0.2) is 5.01 Å². The van der Waals surface area contributed by atoms with Crippen molar-refractivity contribution in [2.75, 3.05) is 17.3 Å². The smallest absolute Gasteiger partial charge is 0.253 e. The molecule has 16 heavy (non-hydrogen) atoms. The van der Waals surface area contributed by atoms with Gasteiger partial charge in [-0.3, -0.25) is 15.2 Å². The predicted octanol–water partition coefficient (Wildman–Crippen LogP) is 0.929. The van der Waals surface area contributed by atoms with Crippen molar-refractivity contribution in [1.29, 1.82) is 0 Å². The number of amides is 1. The maximum Gasteiger partial charge on any atom is 0.253 e. The first-order valence-corrected chi connectivity index (χ1v) is 5.19. The minimum absolute atomic E-state index is 0.0159. The summed E-state index contributed by atoms with van der Waals surface area (Å²) in [6, 6.07) is 7.18. The second-order valence-electron chi connectivity index (χ2n) is 3.53. The number of aliphatic imine (C=N–C) groups is 1. The lowest BCUT2D eigenvalue weighted by molar-refractivity contribution is -0.116. The van der Waals surface area contributed by atoms with Gasteiger partial charge in [-0.15, -0.1) is 0 Å². The third-order valence-electron chi connectivity index (χ3n) is 2.29. The van der Waals surface area contributed by atoms with E-state index in [0.29, 0.717) is 24.5 Å². The van der Waals surface area contributed by atoms with Crippen LogP contribution >= 0.6 is 0 Å². The highest BCUT2D eigenvalue weighted by Gasteiger charge is 2.26. The van der Waals surface area contributed by atoms with Crippen molar-refractivity contribution in [2.45, 2.75) is 13.3 Å². The summed E-state index contributed by atoms with van der Waals surface area (Å²) in [4.78, 5) is 15.9. The van der Waals surface area contributed by atoms with Crippen LogP contribution in [0.15, 0.2) is 29.3 Å². The summed E-state index contributed by atoms with van der Waals surface area (Å²) in [6.07, 6.45) is 0.322. The Morgan fingerprint density at radius 1 is 1.56 bits per heavy atom. The molecule has 2 rings (SSSR count). The molecule has 5 nitrogen and oxygen atoms in total. The minimum Gasteiger partial charge on any atom is -0.399 e. The maximum absolute atomic E-state index is 11.7. The van der Waals surface area contributed by atoms with Crippen LogP contribution in [-0.4, -0.2) is 18.3 Å². The van der Waals surface area contributed by atoms with Crippen LogP contribution < -0.4 is 16.2 Å². The molecule has 1 fully saturated rings. The number of hydrogen-bond acceptors (Lipinski definition) is 3. The van der Waals surface area contributed by atoms with E-state index in [2.05, 4.69) is 10.4 Å². The lowest BCUT2D eigenvalue weighted by atomic mass is 10.3. The number of hydrazine groups is 1. The molecule has 3 N–H and O–H groups in total. The number of carbonyl (C=O) groups is 1. The first-order valence-electron chi connectivity index (χ1n) is 5.19. The van der Waals surface area contributed by atoms with E-state index in [1.165, 1.54) is 5.01 Å². The standard InChI is InChI=1S/C11H14N4O/c1-2-13-10-7-11(16)15(14-10)9-5-3-4-8(12)6-9/h3-6H,2,7,12H2,1H3,(H,13,14). The lowest BCUT2D eigenvalue weighted by Crippen LogP contribution is -2.35. The monoisotopic (exact) mass is 218 g/mol. The van der Waals surface area contributed by atoms with E-state index in [9.17, 15) is 4.79 Å². The van der Waals surface area contributed by atoms with E-state index < -0.39 is 0 Å². The average Bonchev–Trinajstić information content (AvgIpc) is 2.60. The zero-order chi connectivity index (χ0) is 11.5. The van der Waals surface area contributed by atoms with Gasteiger partial charge in [0.1, 0.15) is 5.84 Å². The molecule has 1 aromatic rings. The predicted molar refractivity (Wildman–Crippen MR) is 64.1 cm³/mol. The van der Waals surface area contributed by atoms with Gasteiger partial charge in [0.05, 0.1) is 12.1 Å². The molecular formula is C11H14N4O. The van der Waals surface area contributed by atoms with Crippen molar-refractivity contribution in [3.63, 3.8) is 0 Å². The van der Waals surface area contributed by atoms with E-state index in [1.807, 2.05) is 19.1 Å². The van der Waals surface area contributed by atoms with Crippen LogP contribution in [0.25, 0.3) is 0 Å². The van der Waals surface area contributed by atoms with Crippen LogP contribution in [0, 0.1) is 0 Å². The molecule has 0 bridgehead atoms. The van der Waals surface area contributed by atoms with Crippen molar-refractivity contribution in [3.8, 4) is 0 Å². The van der Waals surface area contributed by atoms with Crippen LogP contribution in [0.1, 0.15) is 13.3 Å². The summed E-state index contributed by atoms with van der Waals surface area (Å²) in [6.45, 7) is 2.60. The number of nitrogen functional groups attached to an aromatic ring is 1. The van der Waals surface area contributed by atoms with E-state index in [4.69, 9.17) is 5.73 Å². The highest BCUT2D eigenvalue weighted by Crippen LogP contribution is 2.19. The second kappa shape index (κ2) is 4.22. The Labute approximate surface area is 93.9 Å². The molecular weight excluding hydrogens is 204 g/mol. The fourth-order valence-electron chi connectivity index (χ4n) is 1.61. The zero-order valence-corrected chi connectivity index (χ0v) is 9.10. The first kappa shape index (κ1) is 10.5. The molecule has 1 aromatic carbocycles. The van der Waals surface area contributed by atoms with E-state index >= 15 is 0 Å². The van der Waals surface area contributed by atoms with Gasteiger partial charge in [0.25, 0.3) is 5.91 Å². The highest BCUT2D eigenvalue weighted by atomic mass is 16.2. The fourth-order valence-corrected chi connectivity index (χ4v) is 1.61. The molecule has 1 heterocycles. The Morgan fingerprint density at radius 3 is 3.06 bits per heavy atom. The molecule has 1 amide bonds. The summed E-state index contributed by atoms with van der Waals surface area (Å²) >= 11 is 0. The summed E-state index contributed by atoms with van der Waals surface area (Å²) in [5.74, 6) is 0.688. The van der Waals surface area contributed by atoms with Gasteiger partial charge in [-0.05, 0) is 25.1 Å². The Balaban J connectivity index is 2.23. The molecule has 0 saturated carbocycles. The van der Waals surface area contributed by atoms with Crippen molar-refractivity contribution in [2.24, 2.45) is 4.99 Å². The number of benzene rings is 1. The SMILES string of the molecule is CCN=C1CC(=O)N(c2cccc(N)c2)N1. The van der Waals surface area contributed by atoms with Crippen LogP contribution in [-0.2, 0) is 4.79 Å². The number of nitrogens with one attached hydrogen (secondary N) is 1. The molecule has 0 atom stereocenters. The third kappa shape index (κ3) is 1.98. The summed E-state index contributed by atoms with van der Waals surface area (Å²) in [5, 5.41) is 1.48. The van der Waals surface area contributed by atoms with E-state index in [0.717, 1.165) is 5.69 Å². The minimum atomic E-state index is -0.0159. The van der Waals surface area contributed by atoms with Crippen molar-refractivity contribution >= 4 is 23.1 Å². The zero-order valence-electron chi connectivity index (χ0n) is 9.10. The lowest BCUT2D eigenvalue weighted by Gasteiger charge is -2.16. The Bertz CT molecular complexity index is 441. The highest BCUT2D eigenvalue weighted by molar-refractivity contribution is 6.13. The van der Waals surface area contributed by atoms with Crippen molar-refractivity contribution in [1.82, 2.24) is 5.43 Å². The van der Waals surface area contributed by atoms with Crippen molar-refractivity contribution < 1.29 is 4.79 Å². The largest absolute Gasteiger partial charge is 0.399 e. The molecule has 0 aromatic heterocycles. The molecule has 1 saturated heterocycles. The van der Waals surface area contributed by atoms with Crippen LogP contribution in [0.3, 0.4) is 0 Å². The average molecular weight is 218 g/mol. The fraction of sp³-hybridized carbons (Fsp3) is 0.273. The van der Waals surface area contributed by atoms with Crippen LogP contribution in [0.4, 0.5) is 11.4 Å². The molecule has 0 unspecified atom stereocenters. The van der Waals surface area contributed by atoms with Gasteiger partial charge in [-0.2, -0.15) is 0 Å². The number of amidine groups is 1. The van der Waals surface area contributed by atoms with Gasteiger partial charge in [-0.1, -0.05) is 6.07 Å². The first-order chi connectivity index (χ1) is 7.70. The number of nitrogens with zero attached hydrogens (tertiary/aromatic N) is 2. The Kier molecular flexibility index (Phi) is 2.76. The normalized spacial score (nSPS) is 17.9. The molecule has 0 radical (unpaired) electrons. The van der Waals surface area contributed by atoms with Gasteiger partial charge in [0.15, 0.2) is 0 Å². The molecule has 0 aliphatic carbocycles. The van der Waals surface area contributed by atoms with Gasteiger partial charge < -0.3 is 5.73 Å². The number of nitrogens with two attached hydrogens (primary N) is 1. The van der Waals surface area contributed by atoms with Gasteiger partial charge >= 0.3 is 0 Å². The molecule has 84 valence electrons. The number of anilines is 2. The molecule has 5 heteroatoms. The topological polar surface area (TPSA) is 70.7 Å². The maximum atomic E-state index is 11.7.